The zero-order chi connectivity index (χ0) is 15.7. The van der Waals surface area contributed by atoms with E-state index in [4.69, 9.17) is 17.3 Å². The number of para-hydroxylation sites is 1. The Balaban J connectivity index is 0.00000192. The van der Waals surface area contributed by atoms with Gasteiger partial charge >= 0.3 is 0 Å². The SMILES string of the molecule is Cl.NCC1CCCN1C(=O)C1CC(=O)N(c2ccccc2Cl)C1. The van der Waals surface area contributed by atoms with Crippen molar-refractivity contribution in [2.24, 2.45) is 11.7 Å². The predicted octanol–water partition coefficient (Wildman–Crippen LogP) is 2.06. The van der Waals surface area contributed by atoms with E-state index in [1.807, 2.05) is 23.1 Å². The second kappa shape index (κ2) is 7.51. The fourth-order valence-corrected chi connectivity index (χ4v) is 3.62. The maximum absolute atomic E-state index is 12.7. The fraction of sp³-hybridized carbons (Fsp3) is 0.500. The van der Waals surface area contributed by atoms with Crippen LogP contribution in [-0.4, -0.2) is 42.4 Å². The molecule has 126 valence electrons. The number of carbonyl (C=O) groups excluding carboxylic acids is 2. The summed E-state index contributed by atoms with van der Waals surface area (Å²) in [5.41, 5.74) is 6.42. The Kier molecular flexibility index (Phi) is 5.89. The van der Waals surface area contributed by atoms with Crippen LogP contribution in [0.1, 0.15) is 19.3 Å². The molecule has 2 N–H and O–H groups in total. The van der Waals surface area contributed by atoms with Gasteiger partial charge in [0, 0.05) is 32.1 Å². The van der Waals surface area contributed by atoms with E-state index in [0.29, 0.717) is 23.8 Å². The lowest BCUT2D eigenvalue weighted by Crippen LogP contribution is -2.43. The molecule has 3 rings (SSSR count). The topological polar surface area (TPSA) is 66.6 Å². The second-order valence-electron chi connectivity index (χ2n) is 5.92. The lowest BCUT2D eigenvalue weighted by Gasteiger charge is -2.26. The van der Waals surface area contributed by atoms with Gasteiger partial charge in [0.1, 0.15) is 0 Å². The first-order valence-electron chi connectivity index (χ1n) is 7.67. The molecule has 0 aliphatic carbocycles. The fourth-order valence-electron chi connectivity index (χ4n) is 3.38. The number of rotatable bonds is 3. The number of nitrogens with two attached hydrogens (primary N) is 1. The van der Waals surface area contributed by atoms with E-state index in [1.165, 1.54) is 0 Å². The van der Waals surface area contributed by atoms with E-state index in [1.54, 1.807) is 11.0 Å². The van der Waals surface area contributed by atoms with Gasteiger partial charge < -0.3 is 15.5 Å². The van der Waals surface area contributed by atoms with E-state index < -0.39 is 0 Å². The van der Waals surface area contributed by atoms with Gasteiger partial charge in [0.05, 0.1) is 16.6 Å². The highest BCUT2D eigenvalue weighted by Gasteiger charge is 2.40. The van der Waals surface area contributed by atoms with Gasteiger partial charge in [-0.15, -0.1) is 12.4 Å². The van der Waals surface area contributed by atoms with Crippen LogP contribution < -0.4 is 10.6 Å². The Labute approximate surface area is 147 Å². The third kappa shape index (κ3) is 3.47. The first-order chi connectivity index (χ1) is 10.6. The van der Waals surface area contributed by atoms with Crippen LogP contribution in [0.2, 0.25) is 5.02 Å². The number of anilines is 1. The summed E-state index contributed by atoms with van der Waals surface area (Å²) in [5, 5.41) is 0.532. The first kappa shape index (κ1) is 18.0. The Bertz CT molecular complexity index is 596. The number of nitrogens with zero attached hydrogens (tertiary/aromatic N) is 2. The molecule has 2 atom stereocenters. The zero-order valence-electron chi connectivity index (χ0n) is 12.8. The minimum absolute atomic E-state index is 0. The van der Waals surface area contributed by atoms with Crippen molar-refractivity contribution in [3.05, 3.63) is 29.3 Å². The van der Waals surface area contributed by atoms with Crippen LogP contribution in [0.4, 0.5) is 5.69 Å². The number of hydrogen-bond acceptors (Lipinski definition) is 3. The van der Waals surface area contributed by atoms with E-state index in [2.05, 4.69) is 0 Å². The van der Waals surface area contributed by atoms with Crippen LogP contribution in [0.5, 0.6) is 0 Å². The Morgan fingerprint density at radius 2 is 2.09 bits per heavy atom. The van der Waals surface area contributed by atoms with Crippen LogP contribution in [0.15, 0.2) is 24.3 Å². The molecule has 0 spiro atoms. The molecular weight excluding hydrogens is 337 g/mol. The monoisotopic (exact) mass is 357 g/mol. The summed E-state index contributed by atoms with van der Waals surface area (Å²) in [6.07, 6.45) is 2.19. The molecule has 2 aliphatic heterocycles. The third-order valence-electron chi connectivity index (χ3n) is 4.55. The average molecular weight is 358 g/mol. The molecule has 0 saturated carbocycles. The summed E-state index contributed by atoms with van der Waals surface area (Å²) in [6, 6.07) is 7.35. The molecule has 2 amide bonds. The number of carbonyl (C=O) groups is 2. The molecular formula is C16H21Cl2N3O2. The summed E-state index contributed by atoms with van der Waals surface area (Å²) in [6.45, 7) is 1.63. The first-order valence-corrected chi connectivity index (χ1v) is 8.05. The maximum atomic E-state index is 12.7. The van der Waals surface area contributed by atoms with Gasteiger partial charge in [-0.3, -0.25) is 9.59 Å². The number of halogens is 2. The quantitative estimate of drug-likeness (QED) is 0.900. The lowest BCUT2D eigenvalue weighted by atomic mass is 10.1. The molecule has 0 aromatic heterocycles. The summed E-state index contributed by atoms with van der Waals surface area (Å²) >= 11 is 6.16. The van der Waals surface area contributed by atoms with Crippen LogP contribution in [0.3, 0.4) is 0 Å². The van der Waals surface area contributed by atoms with Crippen molar-refractivity contribution in [1.29, 1.82) is 0 Å². The summed E-state index contributed by atoms with van der Waals surface area (Å²) in [5.74, 6) is -0.290. The van der Waals surface area contributed by atoms with Gasteiger partial charge in [0.15, 0.2) is 0 Å². The Morgan fingerprint density at radius 3 is 2.78 bits per heavy atom. The highest BCUT2D eigenvalue weighted by Crippen LogP contribution is 2.32. The molecule has 2 fully saturated rings. The van der Waals surface area contributed by atoms with Crippen LogP contribution >= 0.6 is 24.0 Å². The molecule has 7 heteroatoms. The number of benzene rings is 1. The lowest BCUT2D eigenvalue weighted by molar-refractivity contribution is -0.136. The van der Waals surface area contributed by atoms with Gasteiger partial charge in [-0.1, -0.05) is 23.7 Å². The van der Waals surface area contributed by atoms with Crippen molar-refractivity contribution in [3.8, 4) is 0 Å². The van der Waals surface area contributed by atoms with Gasteiger partial charge in [-0.2, -0.15) is 0 Å². The summed E-state index contributed by atoms with van der Waals surface area (Å²) in [4.78, 5) is 28.4. The number of amides is 2. The standard InChI is InChI=1S/C16H20ClN3O2.ClH/c17-13-5-1-2-6-14(13)20-10-11(8-15(20)21)16(22)19-7-3-4-12(19)9-18;/h1-2,5-6,11-12H,3-4,7-10,18H2;1H. The molecule has 2 unspecified atom stereocenters. The molecule has 2 saturated heterocycles. The van der Waals surface area contributed by atoms with E-state index in [0.717, 1.165) is 19.4 Å². The minimum atomic E-state index is -0.295. The highest BCUT2D eigenvalue weighted by atomic mass is 35.5. The van der Waals surface area contributed by atoms with Crippen LogP contribution in [0.25, 0.3) is 0 Å². The van der Waals surface area contributed by atoms with E-state index in [-0.39, 0.29) is 42.6 Å². The molecule has 2 heterocycles. The van der Waals surface area contributed by atoms with E-state index >= 15 is 0 Å². The normalized spacial score (nSPS) is 24.0. The van der Waals surface area contributed by atoms with E-state index in [9.17, 15) is 9.59 Å². The second-order valence-corrected chi connectivity index (χ2v) is 6.33. The van der Waals surface area contributed by atoms with Gasteiger partial charge in [0.2, 0.25) is 11.8 Å². The van der Waals surface area contributed by atoms with Crippen molar-refractivity contribution in [2.45, 2.75) is 25.3 Å². The molecule has 1 aromatic rings. The number of likely N-dealkylation sites (tertiary alicyclic amines) is 1. The van der Waals surface area contributed by atoms with Crippen LogP contribution in [0, 0.1) is 5.92 Å². The predicted molar refractivity (Wildman–Crippen MR) is 92.9 cm³/mol. The van der Waals surface area contributed by atoms with Crippen molar-refractivity contribution >= 4 is 41.5 Å². The summed E-state index contributed by atoms with van der Waals surface area (Å²) < 4.78 is 0. The van der Waals surface area contributed by atoms with Crippen LogP contribution in [-0.2, 0) is 9.59 Å². The molecule has 0 radical (unpaired) electrons. The van der Waals surface area contributed by atoms with Crippen molar-refractivity contribution in [3.63, 3.8) is 0 Å². The zero-order valence-corrected chi connectivity index (χ0v) is 14.4. The molecule has 0 bridgehead atoms. The molecule has 5 nitrogen and oxygen atoms in total. The molecule has 2 aliphatic rings. The van der Waals surface area contributed by atoms with Gasteiger partial charge in [0.25, 0.3) is 0 Å². The van der Waals surface area contributed by atoms with Crippen molar-refractivity contribution in [1.82, 2.24) is 4.90 Å². The Hall–Kier alpha value is -1.30. The number of hydrogen-bond donors (Lipinski definition) is 1. The summed E-state index contributed by atoms with van der Waals surface area (Å²) in [7, 11) is 0. The largest absolute Gasteiger partial charge is 0.338 e. The van der Waals surface area contributed by atoms with Crippen molar-refractivity contribution < 1.29 is 9.59 Å². The average Bonchev–Trinajstić information content (AvgIpc) is 3.13. The van der Waals surface area contributed by atoms with Gasteiger partial charge in [-0.05, 0) is 25.0 Å². The third-order valence-corrected chi connectivity index (χ3v) is 4.87. The maximum Gasteiger partial charge on any atom is 0.228 e. The Morgan fingerprint density at radius 1 is 1.35 bits per heavy atom. The van der Waals surface area contributed by atoms with Crippen molar-refractivity contribution in [2.75, 3.05) is 24.5 Å². The smallest absolute Gasteiger partial charge is 0.228 e. The minimum Gasteiger partial charge on any atom is -0.338 e. The van der Waals surface area contributed by atoms with Gasteiger partial charge in [-0.25, -0.2) is 0 Å². The highest BCUT2D eigenvalue weighted by molar-refractivity contribution is 6.33. The molecule has 1 aromatic carbocycles. The molecule has 23 heavy (non-hydrogen) atoms.